The summed E-state index contributed by atoms with van der Waals surface area (Å²) < 4.78 is 0. The van der Waals surface area contributed by atoms with E-state index in [0.717, 1.165) is 11.3 Å². The summed E-state index contributed by atoms with van der Waals surface area (Å²) in [6.07, 6.45) is 4.32. The Labute approximate surface area is 157 Å². The molecule has 7 heteroatoms. The molecule has 27 heavy (non-hydrogen) atoms. The molecule has 1 aliphatic carbocycles. The summed E-state index contributed by atoms with van der Waals surface area (Å²) in [5, 5.41) is 11.8. The maximum atomic E-state index is 12.4. The number of hydrogen-bond acceptors (Lipinski definition) is 4. The Morgan fingerprint density at radius 1 is 1.07 bits per heavy atom. The zero-order valence-electron chi connectivity index (χ0n) is 15.0. The van der Waals surface area contributed by atoms with E-state index < -0.39 is 17.8 Å². The van der Waals surface area contributed by atoms with Crippen molar-refractivity contribution < 1.29 is 19.5 Å². The van der Waals surface area contributed by atoms with E-state index in [9.17, 15) is 14.4 Å². The summed E-state index contributed by atoms with van der Waals surface area (Å²) in [6, 6.07) is 10.6. The van der Waals surface area contributed by atoms with Crippen molar-refractivity contribution in [2.75, 3.05) is 11.9 Å². The van der Waals surface area contributed by atoms with Gasteiger partial charge in [0.05, 0.1) is 11.8 Å². The van der Waals surface area contributed by atoms with E-state index in [1.165, 1.54) is 0 Å². The van der Waals surface area contributed by atoms with Gasteiger partial charge in [0.1, 0.15) is 0 Å². The molecule has 0 spiro atoms. The van der Waals surface area contributed by atoms with E-state index in [2.05, 4.69) is 10.3 Å². The first-order valence-electron chi connectivity index (χ1n) is 8.75. The second kappa shape index (κ2) is 7.99. The number of benzene rings is 1. The molecule has 2 unspecified atom stereocenters. The van der Waals surface area contributed by atoms with E-state index in [0.29, 0.717) is 24.9 Å². The monoisotopic (exact) mass is 367 g/mol. The van der Waals surface area contributed by atoms with Crippen LogP contribution >= 0.6 is 0 Å². The first kappa shape index (κ1) is 18.6. The fourth-order valence-corrected chi connectivity index (χ4v) is 3.07. The molecule has 1 aromatic carbocycles. The van der Waals surface area contributed by atoms with Crippen molar-refractivity contribution in [1.29, 1.82) is 0 Å². The lowest BCUT2D eigenvalue weighted by molar-refractivity contribution is -0.152. The first-order valence-corrected chi connectivity index (χ1v) is 8.75. The van der Waals surface area contributed by atoms with Crippen molar-refractivity contribution in [2.45, 2.75) is 19.4 Å². The number of nitrogens with one attached hydrogen (secondary N) is 1. The maximum absolute atomic E-state index is 12.4. The number of carbonyl (C=O) groups is 3. The van der Waals surface area contributed by atoms with Crippen molar-refractivity contribution >= 4 is 23.5 Å². The molecular weight excluding hydrogens is 346 g/mol. The van der Waals surface area contributed by atoms with Crippen LogP contribution in [0.4, 0.5) is 5.69 Å². The highest BCUT2D eigenvalue weighted by atomic mass is 16.4. The van der Waals surface area contributed by atoms with Crippen molar-refractivity contribution in [2.24, 2.45) is 11.8 Å². The zero-order valence-corrected chi connectivity index (χ0v) is 15.0. The van der Waals surface area contributed by atoms with E-state index >= 15 is 0 Å². The average Bonchev–Trinajstić information content (AvgIpc) is 2.65. The predicted molar refractivity (Wildman–Crippen MR) is 99.1 cm³/mol. The lowest BCUT2D eigenvalue weighted by Gasteiger charge is -2.31. The molecule has 7 nitrogen and oxygen atoms in total. The Bertz CT molecular complexity index is 836. The summed E-state index contributed by atoms with van der Waals surface area (Å²) >= 11 is 0. The highest BCUT2D eigenvalue weighted by Gasteiger charge is 2.41. The minimum absolute atomic E-state index is 0.136. The Morgan fingerprint density at radius 2 is 1.70 bits per heavy atom. The number of carboxylic acids is 1. The molecule has 0 aliphatic heterocycles. The van der Waals surface area contributed by atoms with Gasteiger partial charge in [-0.15, -0.1) is 0 Å². The molecule has 2 aromatic rings. The van der Waals surface area contributed by atoms with Crippen LogP contribution in [0.15, 0.2) is 48.8 Å². The Kier molecular flexibility index (Phi) is 5.49. The molecule has 0 saturated heterocycles. The maximum Gasteiger partial charge on any atom is 0.307 e. The van der Waals surface area contributed by atoms with Gasteiger partial charge < -0.3 is 15.3 Å². The van der Waals surface area contributed by atoms with Gasteiger partial charge in [-0.3, -0.25) is 19.4 Å². The van der Waals surface area contributed by atoms with Gasteiger partial charge in [-0.05, 0) is 42.7 Å². The van der Waals surface area contributed by atoms with Crippen molar-refractivity contribution in [3.63, 3.8) is 0 Å². The van der Waals surface area contributed by atoms with Crippen LogP contribution in [-0.4, -0.2) is 34.9 Å². The van der Waals surface area contributed by atoms with Crippen LogP contribution in [0.2, 0.25) is 0 Å². The minimum atomic E-state index is -0.910. The number of nitrogens with zero attached hydrogens (tertiary/aromatic N) is 2. The fourth-order valence-electron chi connectivity index (χ4n) is 3.07. The summed E-state index contributed by atoms with van der Waals surface area (Å²) in [7, 11) is 1.70. The minimum Gasteiger partial charge on any atom is -0.481 e. The second-order valence-electron chi connectivity index (χ2n) is 6.61. The third kappa shape index (κ3) is 4.13. The van der Waals surface area contributed by atoms with E-state index in [1.807, 2.05) is 24.3 Å². The van der Waals surface area contributed by atoms with Crippen LogP contribution < -0.4 is 10.2 Å². The largest absolute Gasteiger partial charge is 0.481 e. The highest BCUT2D eigenvalue weighted by molar-refractivity contribution is 6.05. The number of amides is 2. The molecule has 1 saturated carbocycles. The van der Waals surface area contributed by atoms with Gasteiger partial charge in [0.2, 0.25) is 5.91 Å². The topological polar surface area (TPSA) is 99.6 Å². The summed E-state index contributed by atoms with van der Waals surface area (Å²) in [4.78, 5) is 41.0. The molecule has 2 amide bonds. The van der Waals surface area contributed by atoms with Crippen LogP contribution in [-0.2, 0) is 16.1 Å². The zero-order chi connectivity index (χ0) is 19.4. The molecule has 2 atom stereocenters. The average molecular weight is 367 g/mol. The number of aliphatic carboxylic acids is 1. The van der Waals surface area contributed by atoms with E-state index in [1.54, 1.807) is 36.5 Å². The lowest BCUT2D eigenvalue weighted by atomic mass is 9.73. The quantitative estimate of drug-likeness (QED) is 0.814. The first-order chi connectivity index (χ1) is 13.0. The van der Waals surface area contributed by atoms with Crippen molar-refractivity contribution in [3.8, 4) is 0 Å². The SMILES string of the molecule is CN(C(=O)c1ccncc1)c1ccc(CNC(=O)C2CCC2C(=O)O)cc1. The number of carbonyl (C=O) groups excluding carboxylic acids is 2. The number of hydrogen-bond donors (Lipinski definition) is 2. The Hall–Kier alpha value is -3.22. The molecule has 1 aliphatic rings. The van der Waals surface area contributed by atoms with Crippen LogP contribution in [0.25, 0.3) is 0 Å². The highest BCUT2D eigenvalue weighted by Crippen LogP contribution is 2.34. The smallest absolute Gasteiger partial charge is 0.307 e. The number of aromatic nitrogens is 1. The van der Waals surface area contributed by atoms with Crippen LogP contribution in [0.1, 0.15) is 28.8 Å². The molecule has 2 N–H and O–H groups in total. The van der Waals surface area contributed by atoms with E-state index in [-0.39, 0.29) is 11.8 Å². The van der Waals surface area contributed by atoms with Crippen molar-refractivity contribution in [3.05, 3.63) is 59.9 Å². The van der Waals surface area contributed by atoms with Gasteiger partial charge >= 0.3 is 5.97 Å². The van der Waals surface area contributed by atoms with E-state index in [4.69, 9.17) is 5.11 Å². The van der Waals surface area contributed by atoms with Gasteiger partial charge in [0, 0.05) is 37.2 Å². The van der Waals surface area contributed by atoms with Crippen LogP contribution in [0, 0.1) is 11.8 Å². The molecule has 1 aromatic heterocycles. The molecule has 3 rings (SSSR count). The molecular formula is C20H21N3O4. The van der Waals surface area contributed by atoms with Gasteiger partial charge in [0.15, 0.2) is 0 Å². The Morgan fingerprint density at radius 3 is 2.26 bits per heavy atom. The number of rotatable bonds is 6. The molecule has 0 radical (unpaired) electrons. The third-order valence-corrected chi connectivity index (χ3v) is 4.95. The van der Waals surface area contributed by atoms with Crippen LogP contribution in [0.3, 0.4) is 0 Å². The molecule has 140 valence electrons. The summed E-state index contributed by atoms with van der Waals surface area (Å²) in [6.45, 7) is 0.323. The summed E-state index contributed by atoms with van der Waals surface area (Å²) in [5.74, 6) is -2.27. The standard InChI is InChI=1S/C20H21N3O4/c1-23(19(25)14-8-10-21-11-9-14)15-4-2-13(3-5-15)12-22-18(24)16-6-7-17(16)20(26)27/h2-5,8-11,16-17H,6-7,12H2,1H3,(H,22,24)(H,26,27). The predicted octanol–water partition coefficient (Wildman–Crippen LogP) is 2.09. The van der Waals surface area contributed by atoms with Crippen molar-refractivity contribution in [1.82, 2.24) is 10.3 Å². The molecule has 1 heterocycles. The van der Waals surface area contributed by atoms with Crippen LogP contribution in [0.5, 0.6) is 0 Å². The van der Waals surface area contributed by atoms with Gasteiger partial charge in [0.25, 0.3) is 5.91 Å². The molecule has 0 bridgehead atoms. The number of carboxylic acid groups (broad SMARTS) is 1. The number of anilines is 1. The second-order valence-corrected chi connectivity index (χ2v) is 6.61. The third-order valence-electron chi connectivity index (χ3n) is 4.95. The normalized spacial score (nSPS) is 18.3. The number of pyridine rings is 1. The lowest BCUT2D eigenvalue weighted by Crippen LogP contribution is -2.43. The Balaban J connectivity index is 1.56. The molecule has 1 fully saturated rings. The van der Waals surface area contributed by atoms with Gasteiger partial charge in [-0.2, -0.15) is 0 Å². The fraction of sp³-hybridized carbons (Fsp3) is 0.300. The van der Waals surface area contributed by atoms with Gasteiger partial charge in [-0.1, -0.05) is 12.1 Å². The van der Waals surface area contributed by atoms with Gasteiger partial charge in [-0.25, -0.2) is 0 Å². The summed E-state index contributed by atoms with van der Waals surface area (Å²) in [5.41, 5.74) is 2.16.